The third-order valence-corrected chi connectivity index (χ3v) is 3.82. The quantitative estimate of drug-likeness (QED) is 0.857. The minimum absolute atomic E-state index is 0.0986. The minimum atomic E-state index is -4.50. The van der Waals surface area contributed by atoms with Gasteiger partial charge in [-0.2, -0.15) is 18.2 Å². The Balaban J connectivity index is 2.39. The van der Waals surface area contributed by atoms with Crippen LogP contribution in [0.15, 0.2) is 6.07 Å². The summed E-state index contributed by atoms with van der Waals surface area (Å²) in [4.78, 5) is 11.3. The van der Waals surface area contributed by atoms with Crippen LogP contribution in [0.25, 0.3) is 0 Å². The van der Waals surface area contributed by atoms with E-state index in [0.29, 0.717) is 19.7 Å². The molecule has 1 saturated heterocycles. The summed E-state index contributed by atoms with van der Waals surface area (Å²) in [6, 6.07) is 0.961. The Morgan fingerprint density at radius 3 is 2.59 bits per heavy atom. The van der Waals surface area contributed by atoms with Crippen LogP contribution in [-0.4, -0.2) is 49.4 Å². The fourth-order valence-electron chi connectivity index (χ4n) is 2.25. The molecule has 1 atom stereocenters. The van der Waals surface area contributed by atoms with Crippen LogP contribution < -0.4 is 9.80 Å². The lowest BCUT2D eigenvalue weighted by Gasteiger charge is -2.40. The molecule has 1 fully saturated rings. The molecule has 0 amide bonds. The maximum atomic E-state index is 13.0. The van der Waals surface area contributed by atoms with Gasteiger partial charge >= 0.3 is 6.18 Å². The first-order valence-corrected chi connectivity index (χ1v) is 7.17. The molecule has 1 unspecified atom stereocenters. The van der Waals surface area contributed by atoms with Crippen LogP contribution in [-0.2, 0) is 10.9 Å². The highest BCUT2D eigenvalue weighted by Crippen LogP contribution is 2.32. The second kappa shape index (κ2) is 5.91. The Labute approximate surface area is 128 Å². The molecule has 124 valence electrons. The van der Waals surface area contributed by atoms with E-state index in [1.807, 2.05) is 13.8 Å². The third-order valence-electron chi connectivity index (χ3n) is 3.82. The lowest BCUT2D eigenvalue weighted by atomic mass is 10.0. The summed E-state index contributed by atoms with van der Waals surface area (Å²) < 4.78 is 44.8. The molecule has 1 aromatic rings. The van der Waals surface area contributed by atoms with Crippen LogP contribution in [0, 0.1) is 0 Å². The van der Waals surface area contributed by atoms with Crippen molar-refractivity contribution >= 4 is 11.8 Å². The number of aromatic nitrogens is 2. The smallest absolute Gasteiger partial charge is 0.372 e. The van der Waals surface area contributed by atoms with Crippen LogP contribution in [0.3, 0.4) is 0 Å². The van der Waals surface area contributed by atoms with Gasteiger partial charge in [0.2, 0.25) is 5.95 Å². The van der Waals surface area contributed by atoms with Gasteiger partial charge < -0.3 is 14.5 Å². The number of hydrogen-bond donors (Lipinski definition) is 0. The Kier molecular flexibility index (Phi) is 4.51. The summed E-state index contributed by atoms with van der Waals surface area (Å²) in [5.74, 6) is 0.337. The van der Waals surface area contributed by atoms with E-state index in [4.69, 9.17) is 4.74 Å². The van der Waals surface area contributed by atoms with Crippen molar-refractivity contribution in [2.75, 3.05) is 43.6 Å². The highest BCUT2D eigenvalue weighted by Gasteiger charge is 2.36. The van der Waals surface area contributed by atoms with E-state index in [0.717, 1.165) is 12.5 Å². The van der Waals surface area contributed by atoms with Crippen molar-refractivity contribution in [3.63, 3.8) is 0 Å². The van der Waals surface area contributed by atoms with E-state index in [-0.39, 0.29) is 11.8 Å². The number of rotatable bonds is 3. The summed E-state index contributed by atoms with van der Waals surface area (Å²) in [6.07, 6.45) is -3.73. The first-order valence-electron chi connectivity index (χ1n) is 7.17. The first kappa shape index (κ1) is 16.8. The van der Waals surface area contributed by atoms with Gasteiger partial charge in [-0.3, -0.25) is 0 Å². The maximum absolute atomic E-state index is 13.0. The molecular formula is C14H21F3N4O. The zero-order chi connectivity index (χ0) is 16.5. The molecule has 8 heteroatoms. The van der Waals surface area contributed by atoms with Gasteiger partial charge in [0.25, 0.3) is 0 Å². The maximum Gasteiger partial charge on any atom is 0.433 e. The summed E-state index contributed by atoms with van der Waals surface area (Å²) in [5.41, 5.74) is -1.32. The highest BCUT2D eigenvalue weighted by molar-refractivity contribution is 5.46. The Morgan fingerprint density at radius 2 is 2.05 bits per heavy atom. The Hall–Kier alpha value is -1.57. The summed E-state index contributed by atoms with van der Waals surface area (Å²) in [7, 11) is 3.31. The van der Waals surface area contributed by atoms with E-state index in [9.17, 15) is 13.2 Å². The molecule has 0 bridgehead atoms. The molecule has 5 nitrogen and oxygen atoms in total. The van der Waals surface area contributed by atoms with Crippen molar-refractivity contribution in [1.29, 1.82) is 0 Å². The van der Waals surface area contributed by atoms with E-state index in [2.05, 4.69) is 9.97 Å². The Morgan fingerprint density at radius 1 is 1.36 bits per heavy atom. The van der Waals surface area contributed by atoms with Crippen molar-refractivity contribution in [1.82, 2.24) is 9.97 Å². The monoisotopic (exact) mass is 318 g/mol. The predicted molar refractivity (Wildman–Crippen MR) is 78.2 cm³/mol. The van der Waals surface area contributed by atoms with Gasteiger partial charge in [-0.1, -0.05) is 6.92 Å². The normalized spacial score (nSPS) is 22.8. The zero-order valence-electron chi connectivity index (χ0n) is 13.2. The molecule has 1 aliphatic rings. The van der Waals surface area contributed by atoms with Crippen LogP contribution >= 0.6 is 0 Å². The van der Waals surface area contributed by atoms with Gasteiger partial charge in [0.05, 0.1) is 12.2 Å². The molecule has 1 aliphatic heterocycles. The lowest BCUT2D eigenvalue weighted by molar-refractivity contribution is -0.141. The molecule has 0 aromatic carbocycles. The number of anilines is 2. The fraction of sp³-hybridized carbons (Fsp3) is 0.714. The van der Waals surface area contributed by atoms with Gasteiger partial charge in [0, 0.05) is 33.3 Å². The van der Waals surface area contributed by atoms with Crippen molar-refractivity contribution in [2.24, 2.45) is 0 Å². The molecule has 0 saturated carbocycles. The number of ether oxygens (including phenoxy) is 1. The number of morpholine rings is 1. The van der Waals surface area contributed by atoms with Crippen LogP contribution in [0.2, 0.25) is 0 Å². The number of halogens is 3. The third kappa shape index (κ3) is 3.60. The predicted octanol–water partition coefficient (Wildman–Crippen LogP) is 2.57. The van der Waals surface area contributed by atoms with E-state index in [1.54, 1.807) is 23.9 Å². The highest BCUT2D eigenvalue weighted by atomic mass is 19.4. The van der Waals surface area contributed by atoms with Gasteiger partial charge in [0.15, 0.2) is 5.69 Å². The summed E-state index contributed by atoms with van der Waals surface area (Å²) in [5, 5.41) is 0. The standard InChI is InChI=1S/C14H21F3N4O/c1-5-13(2)9-21(6-7-22-13)12-18-10(14(15,16)17)8-11(19-12)20(3)4/h8H,5-7,9H2,1-4H3. The molecule has 2 rings (SSSR count). The lowest BCUT2D eigenvalue weighted by Crippen LogP contribution is -2.50. The van der Waals surface area contributed by atoms with Crippen molar-refractivity contribution in [3.8, 4) is 0 Å². The van der Waals surface area contributed by atoms with E-state index >= 15 is 0 Å². The van der Waals surface area contributed by atoms with Crippen molar-refractivity contribution in [3.05, 3.63) is 11.8 Å². The molecule has 0 N–H and O–H groups in total. The zero-order valence-corrected chi connectivity index (χ0v) is 13.2. The molecular weight excluding hydrogens is 297 g/mol. The molecule has 1 aromatic heterocycles. The van der Waals surface area contributed by atoms with Crippen LogP contribution in [0.4, 0.5) is 24.9 Å². The molecule has 0 radical (unpaired) electrons. The van der Waals surface area contributed by atoms with Gasteiger partial charge in [-0.05, 0) is 13.3 Å². The van der Waals surface area contributed by atoms with Crippen molar-refractivity contribution in [2.45, 2.75) is 32.0 Å². The number of hydrogen-bond acceptors (Lipinski definition) is 5. The second-order valence-corrected chi connectivity index (χ2v) is 5.88. The number of nitrogens with zero attached hydrogens (tertiary/aromatic N) is 4. The molecule has 0 spiro atoms. The fourth-order valence-corrected chi connectivity index (χ4v) is 2.25. The molecule has 0 aliphatic carbocycles. The second-order valence-electron chi connectivity index (χ2n) is 5.88. The topological polar surface area (TPSA) is 41.5 Å². The van der Waals surface area contributed by atoms with E-state index in [1.165, 1.54) is 0 Å². The largest absolute Gasteiger partial charge is 0.433 e. The van der Waals surface area contributed by atoms with Crippen molar-refractivity contribution < 1.29 is 17.9 Å². The summed E-state index contributed by atoms with van der Waals surface area (Å²) in [6.45, 7) is 5.32. The SMILES string of the molecule is CCC1(C)CN(c2nc(N(C)C)cc(C(F)(F)F)n2)CCO1. The molecule has 2 heterocycles. The number of alkyl halides is 3. The average molecular weight is 318 g/mol. The first-order chi connectivity index (χ1) is 10.1. The van der Waals surface area contributed by atoms with Crippen LogP contribution in [0.1, 0.15) is 26.0 Å². The average Bonchev–Trinajstić information content (AvgIpc) is 2.46. The summed E-state index contributed by atoms with van der Waals surface area (Å²) >= 11 is 0. The van der Waals surface area contributed by atoms with Gasteiger partial charge in [-0.15, -0.1) is 0 Å². The van der Waals surface area contributed by atoms with Gasteiger partial charge in [0.1, 0.15) is 5.82 Å². The minimum Gasteiger partial charge on any atom is -0.372 e. The Bertz CT molecular complexity index is 535. The van der Waals surface area contributed by atoms with Crippen LogP contribution in [0.5, 0.6) is 0 Å². The molecule has 22 heavy (non-hydrogen) atoms. The van der Waals surface area contributed by atoms with Gasteiger partial charge in [-0.25, -0.2) is 4.98 Å². The van der Waals surface area contributed by atoms with E-state index < -0.39 is 17.5 Å².